The lowest BCUT2D eigenvalue weighted by Gasteiger charge is -2.22. The molecule has 1 amide bonds. The summed E-state index contributed by atoms with van der Waals surface area (Å²) in [5.41, 5.74) is 0. The summed E-state index contributed by atoms with van der Waals surface area (Å²) < 4.78 is 10.7. The average molecular weight is 230 g/mol. The van der Waals surface area contributed by atoms with E-state index in [0.29, 0.717) is 26.3 Å². The fourth-order valence-corrected chi connectivity index (χ4v) is 1.44. The first-order valence-corrected chi connectivity index (χ1v) is 6.02. The van der Waals surface area contributed by atoms with Gasteiger partial charge < -0.3 is 20.1 Å². The molecule has 5 nitrogen and oxygen atoms in total. The van der Waals surface area contributed by atoms with Crippen molar-refractivity contribution < 1.29 is 14.3 Å². The molecule has 2 N–H and O–H groups in total. The summed E-state index contributed by atoms with van der Waals surface area (Å²) in [5.74, 6) is -0.0497. The van der Waals surface area contributed by atoms with Crippen molar-refractivity contribution in [3.8, 4) is 0 Å². The zero-order valence-electron chi connectivity index (χ0n) is 9.96. The van der Waals surface area contributed by atoms with E-state index < -0.39 is 0 Å². The maximum Gasteiger partial charge on any atom is 0.250 e. The van der Waals surface area contributed by atoms with Crippen molar-refractivity contribution in [3.05, 3.63) is 0 Å². The number of unbranched alkanes of at least 4 members (excludes halogenated alkanes) is 1. The highest BCUT2D eigenvalue weighted by molar-refractivity contribution is 5.81. The number of morpholine rings is 1. The summed E-state index contributed by atoms with van der Waals surface area (Å²) in [7, 11) is 0. The minimum Gasteiger partial charge on any atom is -0.380 e. The number of carbonyl (C=O) groups excluding carboxylic acids is 1. The molecule has 16 heavy (non-hydrogen) atoms. The monoisotopic (exact) mass is 230 g/mol. The fraction of sp³-hybridized carbons (Fsp3) is 0.909. The van der Waals surface area contributed by atoms with Gasteiger partial charge in [-0.15, -0.1) is 0 Å². The van der Waals surface area contributed by atoms with Crippen LogP contribution in [0.1, 0.15) is 19.8 Å². The quantitative estimate of drug-likeness (QED) is 0.600. The van der Waals surface area contributed by atoms with Gasteiger partial charge in [0, 0.05) is 26.2 Å². The van der Waals surface area contributed by atoms with Gasteiger partial charge in [0.15, 0.2) is 0 Å². The zero-order valence-corrected chi connectivity index (χ0v) is 9.96. The highest BCUT2D eigenvalue weighted by Crippen LogP contribution is 1.95. The van der Waals surface area contributed by atoms with Crippen LogP contribution in [0.2, 0.25) is 0 Å². The van der Waals surface area contributed by atoms with Crippen LogP contribution in [-0.4, -0.2) is 51.5 Å². The molecule has 0 spiro atoms. The molecule has 0 aliphatic carbocycles. The van der Waals surface area contributed by atoms with Crippen LogP contribution in [0.5, 0.6) is 0 Å². The molecule has 1 aliphatic heterocycles. The van der Waals surface area contributed by atoms with Crippen molar-refractivity contribution in [1.29, 1.82) is 0 Å². The minimum absolute atomic E-state index is 0.0497. The van der Waals surface area contributed by atoms with Crippen molar-refractivity contribution in [2.45, 2.75) is 25.9 Å². The minimum atomic E-state index is -0.343. The Balaban J connectivity index is 1.97. The van der Waals surface area contributed by atoms with Gasteiger partial charge in [-0.2, -0.15) is 0 Å². The van der Waals surface area contributed by atoms with E-state index in [4.69, 9.17) is 9.47 Å². The predicted molar refractivity (Wildman–Crippen MR) is 61.3 cm³/mol. The predicted octanol–water partition coefficient (Wildman–Crippen LogP) is -0.0923. The van der Waals surface area contributed by atoms with Crippen LogP contribution in [0.3, 0.4) is 0 Å². The van der Waals surface area contributed by atoms with Gasteiger partial charge in [-0.1, -0.05) is 13.3 Å². The summed E-state index contributed by atoms with van der Waals surface area (Å²) in [4.78, 5) is 11.6. The van der Waals surface area contributed by atoms with E-state index in [1.807, 2.05) is 0 Å². The van der Waals surface area contributed by atoms with Crippen molar-refractivity contribution in [1.82, 2.24) is 10.6 Å². The molecule has 1 aliphatic rings. The van der Waals surface area contributed by atoms with Crippen LogP contribution in [0, 0.1) is 0 Å². The van der Waals surface area contributed by atoms with E-state index in [0.717, 1.165) is 26.0 Å². The molecule has 0 aromatic rings. The molecular weight excluding hydrogens is 208 g/mol. The second kappa shape index (κ2) is 8.50. The van der Waals surface area contributed by atoms with Gasteiger partial charge in [-0.25, -0.2) is 0 Å². The van der Waals surface area contributed by atoms with Crippen LogP contribution in [0.15, 0.2) is 0 Å². The van der Waals surface area contributed by atoms with Crippen molar-refractivity contribution in [2.24, 2.45) is 0 Å². The van der Waals surface area contributed by atoms with Gasteiger partial charge in [0.05, 0.1) is 13.2 Å². The Morgan fingerprint density at radius 1 is 1.56 bits per heavy atom. The van der Waals surface area contributed by atoms with E-state index in [9.17, 15) is 4.79 Å². The molecule has 1 rings (SSSR count). The Morgan fingerprint density at radius 2 is 2.44 bits per heavy atom. The van der Waals surface area contributed by atoms with Crippen molar-refractivity contribution in [2.75, 3.05) is 39.5 Å². The Kier molecular flexibility index (Phi) is 7.12. The third-order valence-corrected chi connectivity index (χ3v) is 2.41. The van der Waals surface area contributed by atoms with Crippen molar-refractivity contribution in [3.63, 3.8) is 0 Å². The van der Waals surface area contributed by atoms with E-state index in [1.165, 1.54) is 0 Å². The second-order valence-electron chi connectivity index (χ2n) is 3.82. The molecule has 1 saturated heterocycles. The molecule has 0 aromatic heterocycles. The smallest absolute Gasteiger partial charge is 0.250 e. The largest absolute Gasteiger partial charge is 0.380 e. The van der Waals surface area contributed by atoms with Crippen molar-refractivity contribution >= 4 is 5.91 Å². The molecule has 0 aromatic carbocycles. The maximum absolute atomic E-state index is 11.6. The Labute approximate surface area is 96.9 Å². The van der Waals surface area contributed by atoms with Gasteiger partial charge in [-0.05, 0) is 6.42 Å². The van der Waals surface area contributed by atoms with Gasteiger partial charge >= 0.3 is 0 Å². The molecule has 1 heterocycles. The summed E-state index contributed by atoms with van der Waals surface area (Å²) in [6, 6.07) is 0. The third kappa shape index (κ3) is 5.44. The van der Waals surface area contributed by atoms with Crippen LogP contribution < -0.4 is 10.6 Å². The van der Waals surface area contributed by atoms with Gasteiger partial charge in [0.2, 0.25) is 0 Å². The average Bonchev–Trinajstić information content (AvgIpc) is 2.34. The van der Waals surface area contributed by atoms with E-state index >= 15 is 0 Å². The molecule has 1 atom stereocenters. The lowest BCUT2D eigenvalue weighted by Crippen LogP contribution is -2.48. The number of nitrogens with one attached hydrogen (secondary N) is 2. The summed E-state index contributed by atoms with van der Waals surface area (Å²) >= 11 is 0. The highest BCUT2D eigenvalue weighted by Gasteiger charge is 2.20. The standard InChI is InChI=1S/C11H22N2O3/c1-2-3-6-15-7-5-13-11(14)10-9-12-4-8-16-10/h10,12H,2-9H2,1H3,(H,13,14). The molecular formula is C11H22N2O3. The number of hydrogen-bond acceptors (Lipinski definition) is 4. The Bertz CT molecular complexity index is 194. The first kappa shape index (κ1) is 13.4. The second-order valence-corrected chi connectivity index (χ2v) is 3.82. The number of carbonyl (C=O) groups is 1. The lowest BCUT2D eigenvalue weighted by molar-refractivity contribution is -0.134. The summed E-state index contributed by atoms with van der Waals surface area (Å²) in [5, 5.41) is 5.92. The SMILES string of the molecule is CCCCOCCNC(=O)C1CNCCO1. The normalized spacial score (nSPS) is 20.7. The van der Waals surface area contributed by atoms with Crippen LogP contribution in [0.25, 0.3) is 0 Å². The Hall–Kier alpha value is -0.650. The van der Waals surface area contributed by atoms with E-state index in [2.05, 4.69) is 17.6 Å². The van der Waals surface area contributed by atoms with Crippen LogP contribution in [0.4, 0.5) is 0 Å². The van der Waals surface area contributed by atoms with Gasteiger partial charge in [0.1, 0.15) is 6.10 Å². The Morgan fingerprint density at radius 3 is 3.12 bits per heavy atom. The molecule has 1 unspecified atom stereocenters. The van der Waals surface area contributed by atoms with Crippen LogP contribution in [-0.2, 0) is 14.3 Å². The highest BCUT2D eigenvalue weighted by atomic mass is 16.5. The summed E-state index contributed by atoms with van der Waals surface area (Å²) in [6.45, 7) is 6.05. The number of rotatable bonds is 7. The zero-order chi connectivity index (χ0) is 11.6. The molecule has 94 valence electrons. The first-order valence-electron chi connectivity index (χ1n) is 6.02. The number of amides is 1. The number of hydrogen-bond donors (Lipinski definition) is 2. The van der Waals surface area contributed by atoms with E-state index in [-0.39, 0.29) is 12.0 Å². The first-order chi connectivity index (χ1) is 7.84. The summed E-state index contributed by atoms with van der Waals surface area (Å²) in [6.07, 6.45) is 1.86. The van der Waals surface area contributed by atoms with Gasteiger partial charge in [0.25, 0.3) is 5.91 Å². The topological polar surface area (TPSA) is 59.6 Å². The molecule has 0 radical (unpaired) electrons. The van der Waals surface area contributed by atoms with Gasteiger partial charge in [-0.3, -0.25) is 4.79 Å². The molecule has 0 bridgehead atoms. The molecule has 0 saturated carbocycles. The van der Waals surface area contributed by atoms with Crippen LogP contribution >= 0.6 is 0 Å². The maximum atomic E-state index is 11.6. The fourth-order valence-electron chi connectivity index (χ4n) is 1.44. The molecule has 1 fully saturated rings. The van der Waals surface area contributed by atoms with E-state index in [1.54, 1.807) is 0 Å². The molecule has 5 heteroatoms. The number of ether oxygens (including phenoxy) is 2. The lowest BCUT2D eigenvalue weighted by atomic mass is 10.3. The third-order valence-electron chi connectivity index (χ3n) is 2.41.